The highest BCUT2D eigenvalue weighted by Crippen LogP contribution is 2.25. The van der Waals surface area contributed by atoms with Gasteiger partial charge in [-0.1, -0.05) is 17.8 Å². The van der Waals surface area contributed by atoms with Crippen molar-refractivity contribution in [1.82, 2.24) is 9.97 Å². The number of hydrogen-bond acceptors (Lipinski definition) is 6. The quantitative estimate of drug-likeness (QED) is 0.416. The Labute approximate surface area is 127 Å². The molecule has 22 heavy (non-hydrogen) atoms. The molecule has 1 aromatic heterocycles. The monoisotopic (exact) mass is 323 g/mol. The molecule has 0 unspecified atom stereocenters. The van der Waals surface area contributed by atoms with E-state index in [1.54, 1.807) is 12.3 Å². The van der Waals surface area contributed by atoms with Crippen molar-refractivity contribution >= 4 is 24.3 Å². The normalized spacial score (nSPS) is 10.4. The maximum absolute atomic E-state index is 14.1. The number of H-pyrrole nitrogens is 1. The lowest BCUT2D eigenvalue weighted by molar-refractivity contribution is 0.420. The number of hydrogen-bond donors (Lipinski definition) is 3. The van der Waals surface area contributed by atoms with E-state index in [0.717, 1.165) is 23.9 Å². The number of nitriles is 1. The molecule has 0 fully saturated rings. The minimum atomic E-state index is -2.19. The van der Waals surface area contributed by atoms with Crippen LogP contribution < -0.4 is 11.0 Å². The number of benzene rings is 1. The zero-order valence-corrected chi connectivity index (χ0v) is 11.9. The number of thioether (sulfide) groups is 1. The Bertz CT molecular complexity index is 836. The number of nitrogens with zero attached hydrogens (tertiary/aromatic N) is 2. The zero-order valence-electron chi connectivity index (χ0n) is 11.1. The highest BCUT2D eigenvalue weighted by molar-refractivity contribution is 7.98. The molecule has 0 atom stereocenters. The van der Waals surface area contributed by atoms with Crippen LogP contribution in [0.1, 0.15) is 5.56 Å². The minimum absolute atomic E-state index is 0.130. The first kappa shape index (κ1) is 16.2. The van der Waals surface area contributed by atoms with E-state index in [4.69, 9.17) is 15.3 Å². The Hall–Kier alpha value is -2.22. The van der Waals surface area contributed by atoms with Gasteiger partial charge in [0.15, 0.2) is 16.8 Å². The number of aromatic nitrogens is 2. The summed E-state index contributed by atoms with van der Waals surface area (Å²) in [5.41, 5.74) is -2.63. The summed E-state index contributed by atoms with van der Waals surface area (Å²) in [6.07, 6.45) is 1.61. The summed E-state index contributed by atoms with van der Waals surface area (Å²) >= 11 is 1.06. The van der Waals surface area contributed by atoms with Crippen LogP contribution in [0.4, 0.5) is 8.78 Å². The molecule has 0 saturated carbocycles. The SMILES string of the molecule is CSc1nc(-c2ccc(B(O)O)c(F)c2F)c(C#N)c(=O)[nH]1. The Morgan fingerprint density at radius 2 is 2.05 bits per heavy atom. The average molecular weight is 323 g/mol. The number of nitrogens with one attached hydrogen (secondary N) is 1. The fourth-order valence-electron chi connectivity index (χ4n) is 1.79. The van der Waals surface area contributed by atoms with Gasteiger partial charge in [-0.15, -0.1) is 0 Å². The summed E-state index contributed by atoms with van der Waals surface area (Å²) in [6.45, 7) is 0. The molecule has 0 amide bonds. The molecule has 3 N–H and O–H groups in total. The van der Waals surface area contributed by atoms with Crippen LogP contribution >= 0.6 is 11.8 Å². The van der Waals surface area contributed by atoms with Crippen LogP contribution in [0.25, 0.3) is 11.3 Å². The summed E-state index contributed by atoms with van der Waals surface area (Å²) in [5.74, 6) is -2.91. The van der Waals surface area contributed by atoms with E-state index in [2.05, 4.69) is 9.97 Å². The fourth-order valence-corrected chi connectivity index (χ4v) is 2.17. The van der Waals surface area contributed by atoms with E-state index >= 15 is 0 Å². The van der Waals surface area contributed by atoms with Crippen molar-refractivity contribution in [1.29, 1.82) is 5.26 Å². The maximum atomic E-state index is 14.1. The van der Waals surface area contributed by atoms with Crippen molar-refractivity contribution < 1.29 is 18.8 Å². The van der Waals surface area contributed by atoms with E-state index in [1.807, 2.05) is 0 Å². The molecule has 1 heterocycles. The van der Waals surface area contributed by atoms with Crippen LogP contribution in [-0.4, -0.2) is 33.4 Å². The first-order valence-electron chi connectivity index (χ1n) is 5.83. The third-order valence-electron chi connectivity index (χ3n) is 2.85. The molecular formula is C12H8BF2N3O3S. The molecule has 0 bridgehead atoms. The third kappa shape index (κ3) is 2.74. The average Bonchev–Trinajstić information content (AvgIpc) is 2.48. The highest BCUT2D eigenvalue weighted by Gasteiger charge is 2.24. The van der Waals surface area contributed by atoms with Gasteiger partial charge >= 0.3 is 7.12 Å². The van der Waals surface area contributed by atoms with Crippen molar-refractivity contribution in [3.05, 3.63) is 39.7 Å². The molecule has 0 aliphatic carbocycles. The predicted octanol–water partition coefficient (Wildman–Crippen LogP) is -0.0115. The van der Waals surface area contributed by atoms with E-state index in [-0.39, 0.29) is 10.9 Å². The standard InChI is InChI=1S/C12H8BF2N3O3S/c1-22-12-17-10(6(4-16)11(19)18-12)5-2-3-7(13(20)21)9(15)8(5)14/h2-3,20-21H,1H3,(H,17,18,19). The van der Waals surface area contributed by atoms with Gasteiger partial charge in [0, 0.05) is 11.0 Å². The van der Waals surface area contributed by atoms with Gasteiger partial charge < -0.3 is 15.0 Å². The van der Waals surface area contributed by atoms with Crippen molar-refractivity contribution in [3.63, 3.8) is 0 Å². The van der Waals surface area contributed by atoms with Crippen molar-refractivity contribution in [2.45, 2.75) is 5.16 Å². The van der Waals surface area contributed by atoms with Gasteiger partial charge in [0.2, 0.25) is 0 Å². The second-order valence-corrected chi connectivity index (χ2v) is 4.91. The molecule has 0 aliphatic rings. The van der Waals surface area contributed by atoms with Crippen molar-refractivity contribution in [2.75, 3.05) is 6.26 Å². The molecular weight excluding hydrogens is 315 g/mol. The van der Waals surface area contributed by atoms with E-state index in [9.17, 15) is 13.6 Å². The molecule has 0 aliphatic heterocycles. The summed E-state index contributed by atoms with van der Waals surface area (Å²) in [7, 11) is -2.19. The van der Waals surface area contributed by atoms with Gasteiger partial charge in [-0.2, -0.15) is 5.26 Å². The largest absolute Gasteiger partial charge is 0.491 e. The van der Waals surface area contributed by atoms with Crippen LogP contribution in [0, 0.1) is 23.0 Å². The minimum Gasteiger partial charge on any atom is -0.423 e. The Balaban J connectivity index is 2.78. The summed E-state index contributed by atoms with van der Waals surface area (Å²) in [6, 6.07) is 3.57. The molecule has 112 valence electrons. The zero-order chi connectivity index (χ0) is 16.4. The Morgan fingerprint density at radius 1 is 1.36 bits per heavy atom. The lowest BCUT2D eigenvalue weighted by atomic mass is 9.79. The maximum Gasteiger partial charge on any atom is 0.491 e. The van der Waals surface area contributed by atoms with Gasteiger partial charge in [-0.25, -0.2) is 13.8 Å². The van der Waals surface area contributed by atoms with E-state index in [1.165, 1.54) is 0 Å². The number of aromatic amines is 1. The second-order valence-electron chi connectivity index (χ2n) is 4.11. The molecule has 6 nitrogen and oxygen atoms in total. The van der Waals surface area contributed by atoms with E-state index in [0.29, 0.717) is 0 Å². The number of halogens is 2. The first-order chi connectivity index (χ1) is 10.4. The van der Waals surface area contributed by atoms with Crippen LogP contribution in [0.2, 0.25) is 0 Å². The smallest absolute Gasteiger partial charge is 0.423 e. The van der Waals surface area contributed by atoms with Gasteiger partial charge in [-0.3, -0.25) is 4.79 Å². The van der Waals surface area contributed by atoms with Gasteiger partial charge in [0.05, 0.1) is 5.69 Å². The lowest BCUT2D eigenvalue weighted by Gasteiger charge is -2.09. The molecule has 10 heteroatoms. The van der Waals surface area contributed by atoms with Gasteiger partial charge in [0.25, 0.3) is 5.56 Å². The van der Waals surface area contributed by atoms with Crippen molar-refractivity contribution in [2.24, 2.45) is 0 Å². The van der Waals surface area contributed by atoms with Crippen LogP contribution in [-0.2, 0) is 0 Å². The Kier molecular flexibility index (Phi) is 4.61. The Morgan fingerprint density at radius 3 is 2.59 bits per heavy atom. The molecule has 0 radical (unpaired) electrons. The molecule has 0 spiro atoms. The summed E-state index contributed by atoms with van der Waals surface area (Å²) in [5, 5.41) is 27.0. The van der Waals surface area contributed by atoms with Crippen LogP contribution in [0.5, 0.6) is 0 Å². The van der Waals surface area contributed by atoms with Gasteiger partial charge in [-0.05, 0) is 12.3 Å². The van der Waals surface area contributed by atoms with Gasteiger partial charge in [0.1, 0.15) is 11.6 Å². The third-order valence-corrected chi connectivity index (χ3v) is 3.43. The topological polar surface area (TPSA) is 110 Å². The molecule has 0 saturated heterocycles. The molecule has 1 aromatic carbocycles. The van der Waals surface area contributed by atoms with E-state index < -0.39 is 40.9 Å². The van der Waals surface area contributed by atoms with Crippen molar-refractivity contribution in [3.8, 4) is 17.3 Å². The first-order valence-corrected chi connectivity index (χ1v) is 7.06. The predicted molar refractivity (Wildman–Crippen MR) is 76.5 cm³/mol. The van der Waals surface area contributed by atoms with Crippen LogP contribution in [0.3, 0.4) is 0 Å². The molecule has 2 aromatic rings. The fraction of sp³-hybridized carbons (Fsp3) is 0.0833. The highest BCUT2D eigenvalue weighted by atomic mass is 32.2. The second kappa shape index (κ2) is 6.27. The number of rotatable bonds is 3. The summed E-state index contributed by atoms with van der Waals surface area (Å²) in [4.78, 5) is 18.0. The van der Waals surface area contributed by atoms with Crippen LogP contribution in [0.15, 0.2) is 22.1 Å². The summed E-state index contributed by atoms with van der Waals surface area (Å²) < 4.78 is 27.9. The molecule has 2 rings (SSSR count). The lowest BCUT2D eigenvalue weighted by Crippen LogP contribution is -2.33.